The van der Waals surface area contributed by atoms with Crippen molar-refractivity contribution in [3.63, 3.8) is 0 Å². The standard InChI is InChI=1S/C16H22N2OS/c1-12-18-15(11-20-12)9-13(10-17-2)8-14-6-4-5-7-16(14)19-3/h4-7,11,13,17H,8-10H2,1-3H3. The first-order chi connectivity index (χ1) is 9.72. The molecule has 0 aliphatic heterocycles. The van der Waals surface area contributed by atoms with Crippen molar-refractivity contribution in [1.29, 1.82) is 0 Å². The molecule has 1 unspecified atom stereocenters. The largest absolute Gasteiger partial charge is 0.496 e. The van der Waals surface area contributed by atoms with Crippen molar-refractivity contribution in [1.82, 2.24) is 10.3 Å². The highest BCUT2D eigenvalue weighted by molar-refractivity contribution is 7.09. The normalized spacial score (nSPS) is 12.3. The molecule has 0 saturated carbocycles. The van der Waals surface area contributed by atoms with Crippen molar-refractivity contribution in [2.45, 2.75) is 19.8 Å². The topological polar surface area (TPSA) is 34.2 Å². The van der Waals surface area contributed by atoms with Gasteiger partial charge in [0.1, 0.15) is 5.75 Å². The molecule has 0 radical (unpaired) electrons. The molecule has 0 bridgehead atoms. The van der Waals surface area contributed by atoms with E-state index < -0.39 is 0 Å². The quantitative estimate of drug-likeness (QED) is 0.851. The van der Waals surface area contributed by atoms with Crippen LogP contribution in [0.4, 0.5) is 0 Å². The second-order valence-corrected chi connectivity index (χ2v) is 6.06. The molecule has 1 aromatic heterocycles. The van der Waals surface area contributed by atoms with Gasteiger partial charge in [-0.3, -0.25) is 0 Å². The van der Waals surface area contributed by atoms with E-state index in [1.807, 2.05) is 19.2 Å². The van der Waals surface area contributed by atoms with Gasteiger partial charge in [0.2, 0.25) is 0 Å². The van der Waals surface area contributed by atoms with E-state index in [2.05, 4.69) is 34.7 Å². The molecule has 2 rings (SSSR count). The fourth-order valence-electron chi connectivity index (χ4n) is 2.49. The fourth-order valence-corrected chi connectivity index (χ4v) is 3.11. The first-order valence-electron chi connectivity index (χ1n) is 6.90. The van der Waals surface area contributed by atoms with Crippen molar-refractivity contribution >= 4 is 11.3 Å². The van der Waals surface area contributed by atoms with Crippen LogP contribution in [0.1, 0.15) is 16.3 Å². The van der Waals surface area contributed by atoms with Gasteiger partial charge in [-0.15, -0.1) is 11.3 Å². The summed E-state index contributed by atoms with van der Waals surface area (Å²) in [6.07, 6.45) is 2.00. The van der Waals surface area contributed by atoms with Crippen LogP contribution in [-0.4, -0.2) is 25.7 Å². The van der Waals surface area contributed by atoms with Gasteiger partial charge < -0.3 is 10.1 Å². The molecule has 0 fully saturated rings. The number of aryl methyl sites for hydroxylation is 1. The van der Waals surface area contributed by atoms with Gasteiger partial charge in [0.15, 0.2) is 0 Å². The van der Waals surface area contributed by atoms with Crippen molar-refractivity contribution in [3.05, 3.63) is 45.9 Å². The molecular formula is C16H22N2OS. The Morgan fingerprint density at radius 2 is 2.10 bits per heavy atom. The number of rotatable bonds is 7. The van der Waals surface area contributed by atoms with Gasteiger partial charge in [-0.1, -0.05) is 18.2 Å². The van der Waals surface area contributed by atoms with Gasteiger partial charge in [-0.05, 0) is 50.9 Å². The molecule has 3 nitrogen and oxygen atoms in total. The van der Waals surface area contributed by atoms with Crippen LogP contribution >= 0.6 is 11.3 Å². The lowest BCUT2D eigenvalue weighted by Crippen LogP contribution is -2.23. The molecule has 0 amide bonds. The Hall–Kier alpha value is -1.39. The van der Waals surface area contributed by atoms with E-state index in [4.69, 9.17) is 4.74 Å². The van der Waals surface area contributed by atoms with E-state index in [9.17, 15) is 0 Å². The molecule has 4 heteroatoms. The van der Waals surface area contributed by atoms with Crippen LogP contribution in [0.25, 0.3) is 0 Å². The summed E-state index contributed by atoms with van der Waals surface area (Å²) in [5.41, 5.74) is 2.46. The van der Waals surface area contributed by atoms with Gasteiger partial charge in [-0.2, -0.15) is 0 Å². The molecule has 108 valence electrons. The molecule has 2 aromatic rings. The number of ether oxygens (including phenoxy) is 1. The maximum Gasteiger partial charge on any atom is 0.122 e. The van der Waals surface area contributed by atoms with Crippen LogP contribution in [0, 0.1) is 12.8 Å². The van der Waals surface area contributed by atoms with Gasteiger partial charge in [0.05, 0.1) is 17.8 Å². The minimum atomic E-state index is 0.526. The second kappa shape index (κ2) is 7.41. The third-order valence-corrected chi connectivity index (χ3v) is 4.18. The Labute approximate surface area is 125 Å². The predicted octanol–water partition coefficient (Wildman–Crippen LogP) is 3.08. The number of hydrogen-bond acceptors (Lipinski definition) is 4. The van der Waals surface area contributed by atoms with Crippen molar-refractivity contribution < 1.29 is 4.74 Å². The molecule has 0 spiro atoms. The maximum absolute atomic E-state index is 5.44. The summed E-state index contributed by atoms with van der Waals surface area (Å²) < 4.78 is 5.44. The highest BCUT2D eigenvalue weighted by atomic mass is 32.1. The van der Waals surface area contributed by atoms with Gasteiger partial charge in [0, 0.05) is 5.38 Å². The van der Waals surface area contributed by atoms with E-state index >= 15 is 0 Å². The Bertz CT molecular complexity index is 539. The van der Waals surface area contributed by atoms with Crippen LogP contribution < -0.4 is 10.1 Å². The number of nitrogens with zero attached hydrogens (tertiary/aromatic N) is 1. The maximum atomic E-state index is 5.44. The number of thiazole rings is 1. The van der Waals surface area contributed by atoms with Crippen LogP contribution in [0.5, 0.6) is 5.75 Å². The Morgan fingerprint density at radius 1 is 1.30 bits per heavy atom. The van der Waals surface area contributed by atoms with Gasteiger partial charge in [-0.25, -0.2) is 4.98 Å². The Kier molecular flexibility index (Phi) is 5.56. The smallest absolute Gasteiger partial charge is 0.122 e. The molecule has 0 aliphatic rings. The summed E-state index contributed by atoms with van der Waals surface area (Å²) in [6, 6.07) is 8.26. The molecule has 1 heterocycles. The van der Waals surface area contributed by atoms with Crippen molar-refractivity contribution in [2.75, 3.05) is 20.7 Å². The minimum Gasteiger partial charge on any atom is -0.496 e. The zero-order valence-electron chi connectivity index (χ0n) is 12.3. The summed E-state index contributed by atoms with van der Waals surface area (Å²) in [6.45, 7) is 3.04. The van der Waals surface area contributed by atoms with E-state index in [1.54, 1.807) is 18.4 Å². The molecule has 0 saturated heterocycles. The molecule has 0 aliphatic carbocycles. The summed E-state index contributed by atoms with van der Waals surface area (Å²) in [7, 11) is 3.73. The summed E-state index contributed by atoms with van der Waals surface area (Å²) in [4.78, 5) is 4.58. The molecule has 1 N–H and O–H groups in total. The molecule has 1 aromatic carbocycles. The van der Waals surface area contributed by atoms with Crippen molar-refractivity contribution in [3.8, 4) is 5.75 Å². The van der Waals surface area contributed by atoms with E-state index in [-0.39, 0.29) is 0 Å². The Balaban J connectivity index is 2.08. The number of nitrogens with one attached hydrogen (secondary N) is 1. The van der Waals surface area contributed by atoms with E-state index in [0.29, 0.717) is 5.92 Å². The van der Waals surface area contributed by atoms with Crippen LogP contribution in [-0.2, 0) is 12.8 Å². The predicted molar refractivity (Wildman–Crippen MR) is 84.7 cm³/mol. The SMILES string of the molecule is CNCC(Cc1csc(C)n1)Cc1ccccc1OC. The molecule has 20 heavy (non-hydrogen) atoms. The van der Waals surface area contributed by atoms with Gasteiger partial charge >= 0.3 is 0 Å². The average Bonchev–Trinajstić information content (AvgIpc) is 2.85. The highest BCUT2D eigenvalue weighted by Gasteiger charge is 2.14. The van der Waals surface area contributed by atoms with E-state index in [0.717, 1.165) is 30.1 Å². The third-order valence-electron chi connectivity index (χ3n) is 3.36. The first-order valence-corrected chi connectivity index (χ1v) is 7.78. The first kappa shape index (κ1) is 15.0. The number of benzene rings is 1. The van der Waals surface area contributed by atoms with Crippen molar-refractivity contribution in [2.24, 2.45) is 5.92 Å². The van der Waals surface area contributed by atoms with Crippen LogP contribution in [0.15, 0.2) is 29.6 Å². The number of hydrogen-bond donors (Lipinski definition) is 1. The summed E-state index contributed by atoms with van der Waals surface area (Å²) in [5, 5.41) is 6.59. The monoisotopic (exact) mass is 290 g/mol. The number of methoxy groups -OCH3 is 1. The summed E-state index contributed by atoms with van der Waals surface area (Å²) in [5.74, 6) is 1.50. The Morgan fingerprint density at radius 3 is 2.75 bits per heavy atom. The zero-order chi connectivity index (χ0) is 14.4. The lowest BCUT2D eigenvalue weighted by molar-refractivity contribution is 0.401. The third kappa shape index (κ3) is 4.05. The fraction of sp³-hybridized carbons (Fsp3) is 0.438. The van der Waals surface area contributed by atoms with Crippen LogP contribution in [0.3, 0.4) is 0 Å². The highest BCUT2D eigenvalue weighted by Crippen LogP contribution is 2.23. The van der Waals surface area contributed by atoms with Crippen LogP contribution in [0.2, 0.25) is 0 Å². The molecular weight excluding hydrogens is 268 g/mol. The summed E-state index contributed by atoms with van der Waals surface area (Å²) >= 11 is 1.72. The van der Waals surface area contributed by atoms with E-state index in [1.165, 1.54) is 11.3 Å². The number of para-hydroxylation sites is 1. The lowest BCUT2D eigenvalue weighted by Gasteiger charge is -2.17. The number of aromatic nitrogens is 1. The minimum absolute atomic E-state index is 0.526. The average molecular weight is 290 g/mol. The molecule has 1 atom stereocenters. The second-order valence-electron chi connectivity index (χ2n) is 5.00. The lowest BCUT2D eigenvalue weighted by atomic mass is 9.94. The van der Waals surface area contributed by atoms with Gasteiger partial charge in [0.25, 0.3) is 0 Å². The zero-order valence-corrected chi connectivity index (χ0v) is 13.2.